The fourth-order valence-corrected chi connectivity index (χ4v) is 3.76. The van der Waals surface area contributed by atoms with Gasteiger partial charge in [-0.2, -0.15) is 0 Å². The number of hydrogen-bond acceptors (Lipinski definition) is 21. The largest absolute Gasteiger partial charge is 0.468 e. The van der Waals surface area contributed by atoms with Crippen LogP contribution in [0.1, 0.15) is 59.0 Å². The second kappa shape index (κ2) is 16.5. The zero-order valence-corrected chi connectivity index (χ0v) is 26.3. The van der Waals surface area contributed by atoms with Crippen LogP contribution in [0.3, 0.4) is 0 Å². The molecule has 0 saturated heterocycles. The van der Waals surface area contributed by atoms with E-state index in [-0.39, 0.29) is 0 Å². The summed E-state index contributed by atoms with van der Waals surface area (Å²) in [5.74, 6) is -18.8. The maximum Gasteiger partial charge on any atom is 0.468 e. The summed E-state index contributed by atoms with van der Waals surface area (Å²) in [5.41, 5.74) is -12.5. The van der Waals surface area contributed by atoms with Gasteiger partial charge in [0.05, 0.1) is 54.4 Å². The van der Waals surface area contributed by atoms with Crippen molar-refractivity contribution in [2.75, 3.05) is 39.6 Å². The molecule has 1 aromatic heterocycles. The van der Waals surface area contributed by atoms with Crippen molar-refractivity contribution in [1.82, 2.24) is 15.0 Å². The molecule has 24 heteroatoms. The van der Waals surface area contributed by atoms with Gasteiger partial charge in [-0.1, -0.05) is 0 Å². The van der Waals surface area contributed by atoms with Gasteiger partial charge in [0, 0.05) is 0 Å². The van der Waals surface area contributed by atoms with Crippen LogP contribution in [0.2, 0.25) is 0 Å². The summed E-state index contributed by atoms with van der Waals surface area (Å²) < 4.78 is 28.0. The van der Waals surface area contributed by atoms with E-state index in [4.69, 9.17) is 0 Å². The Morgan fingerprint density at radius 2 is 0.583 bits per heavy atom. The lowest BCUT2D eigenvalue weighted by Gasteiger charge is -2.25. The average Bonchev–Trinajstić information content (AvgIpc) is 2.98. The smallest absolute Gasteiger partial charge is 0.460 e. The first-order valence-electron chi connectivity index (χ1n) is 13.8. The zero-order valence-electron chi connectivity index (χ0n) is 26.3. The van der Waals surface area contributed by atoms with Crippen molar-refractivity contribution in [3.8, 4) is 0 Å². The van der Waals surface area contributed by atoms with Crippen molar-refractivity contribution < 1.29 is 72.0 Å². The molecule has 0 amide bonds. The maximum absolute atomic E-state index is 13.3. The molecule has 1 heterocycles. The molecule has 24 nitrogen and oxygen atoms in total. The minimum Gasteiger partial charge on any atom is -0.460 e. The summed E-state index contributed by atoms with van der Waals surface area (Å²) in [6.07, 6.45) is 0. The van der Waals surface area contributed by atoms with E-state index in [9.17, 15) is 59.1 Å². The highest BCUT2D eigenvalue weighted by Crippen LogP contribution is 2.35. The van der Waals surface area contributed by atoms with Crippen LogP contribution in [-0.2, 0) is 73.8 Å². The van der Waals surface area contributed by atoms with Gasteiger partial charge in [-0.15, -0.1) is 0 Å². The van der Waals surface area contributed by atoms with Gasteiger partial charge in [0.25, 0.3) is 0 Å². The summed E-state index contributed by atoms with van der Waals surface area (Å²) >= 11 is 0. The second-order valence-corrected chi connectivity index (χ2v) is 8.53. The molecule has 0 spiro atoms. The SMILES string of the molecule is CCOC(=O)C(C(=O)OCC)(c1nc(C(C(=O)OCC)(C(=O)OCC)[N+](=O)[O-])nc(C(C(=O)OCC)(C(=O)OCC)[N+](=O)[O-])n1)[N+](=O)[O-]. The van der Waals surface area contributed by atoms with E-state index >= 15 is 0 Å². The Hall–Kier alpha value is -5.97. The third-order valence-corrected chi connectivity index (χ3v) is 5.85. The quantitative estimate of drug-likeness (QED) is 0.0565. The van der Waals surface area contributed by atoms with Crippen LogP contribution in [0.15, 0.2) is 0 Å². The number of nitrogens with zero attached hydrogens (tertiary/aromatic N) is 6. The maximum atomic E-state index is 13.3. The van der Waals surface area contributed by atoms with Crippen LogP contribution in [0.4, 0.5) is 0 Å². The van der Waals surface area contributed by atoms with Gasteiger partial charge in [-0.05, 0) is 41.5 Å². The van der Waals surface area contributed by atoms with Gasteiger partial charge in [-0.3, -0.25) is 30.3 Å². The van der Waals surface area contributed by atoms with E-state index in [0.717, 1.165) is 41.5 Å². The number of aromatic nitrogens is 3. The van der Waals surface area contributed by atoms with Crippen LogP contribution in [-0.4, -0.2) is 105 Å². The summed E-state index contributed by atoms with van der Waals surface area (Å²) in [5, 5.41) is 38.0. The summed E-state index contributed by atoms with van der Waals surface area (Å²) in [6, 6.07) is 0. The van der Waals surface area contributed by atoms with E-state index in [1.807, 2.05) is 0 Å². The molecule has 0 saturated carbocycles. The highest BCUT2D eigenvalue weighted by Gasteiger charge is 2.73. The van der Waals surface area contributed by atoms with Crippen LogP contribution in [0.5, 0.6) is 0 Å². The lowest BCUT2D eigenvalue weighted by Crippen LogP contribution is -2.58. The van der Waals surface area contributed by atoms with Gasteiger partial charge in [0.2, 0.25) is 17.5 Å². The third-order valence-electron chi connectivity index (χ3n) is 5.85. The van der Waals surface area contributed by atoms with E-state index < -0.39 is 124 Å². The van der Waals surface area contributed by atoms with Gasteiger partial charge in [0.15, 0.2) is 0 Å². The normalized spacial score (nSPS) is 11.4. The minimum atomic E-state index is -4.17. The number of nitro groups is 3. The van der Waals surface area contributed by atoms with Crippen LogP contribution in [0, 0.1) is 30.3 Å². The Labute approximate surface area is 268 Å². The van der Waals surface area contributed by atoms with E-state index in [2.05, 4.69) is 43.4 Å². The number of carbonyl (C=O) groups excluding carboxylic acids is 6. The van der Waals surface area contributed by atoms with Crippen molar-refractivity contribution in [1.29, 1.82) is 0 Å². The summed E-state index contributed by atoms with van der Waals surface area (Å²) in [7, 11) is 0. The molecule has 264 valence electrons. The molecule has 0 radical (unpaired) electrons. The molecule has 0 unspecified atom stereocenters. The molecule has 0 aliphatic rings. The number of esters is 6. The Morgan fingerprint density at radius 1 is 0.438 bits per heavy atom. The minimum absolute atomic E-state index is 0.687. The van der Waals surface area contributed by atoms with Crippen molar-refractivity contribution in [2.45, 2.75) is 58.2 Å². The Kier molecular flexibility index (Phi) is 13.8. The van der Waals surface area contributed by atoms with Gasteiger partial charge >= 0.3 is 52.4 Å². The van der Waals surface area contributed by atoms with Crippen molar-refractivity contribution in [3.63, 3.8) is 0 Å². The third kappa shape index (κ3) is 6.61. The lowest BCUT2D eigenvalue weighted by molar-refractivity contribution is -0.556. The standard InChI is InChI=1S/C24H30N6O18/c1-7-43-16(31)22(28(37)38,17(32)44-8-2)13-25-14(23(29(39)40,18(33)45-9-3)19(34)46-10-4)27-15(26-13)24(30(41)42,20(35)47-11-5)21(36)48-12-6/h7-12H2,1-6H3. The molecular formula is C24H30N6O18. The predicted octanol–water partition coefficient (Wildman–Crippen LogP) is -1.33. The Balaban J connectivity index is 4.99. The summed E-state index contributed by atoms with van der Waals surface area (Å²) in [4.78, 5) is 123. The predicted molar refractivity (Wildman–Crippen MR) is 146 cm³/mol. The highest BCUT2D eigenvalue weighted by atomic mass is 16.7. The van der Waals surface area contributed by atoms with Gasteiger partial charge < -0.3 is 28.4 Å². The van der Waals surface area contributed by atoms with E-state index in [0.29, 0.717) is 0 Å². The topological polar surface area (TPSA) is 326 Å². The molecule has 1 rings (SSSR count). The van der Waals surface area contributed by atoms with Gasteiger partial charge in [-0.25, -0.2) is 43.7 Å². The Bertz CT molecular complexity index is 1240. The molecule has 0 aliphatic heterocycles. The highest BCUT2D eigenvalue weighted by molar-refractivity contribution is 6.06. The number of carbonyl (C=O) groups is 6. The number of ether oxygens (including phenoxy) is 6. The fourth-order valence-electron chi connectivity index (χ4n) is 3.76. The molecule has 1 aromatic rings. The molecule has 0 N–H and O–H groups in total. The zero-order chi connectivity index (χ0) is 37.0. The van der Waals surface area contributed by atoms with Crippen LogP contribution in [0.25, 0.3) is 0 Å². The van der Waals surface area contributed by atoms with Crippen LogP contribution < -0.4 is 0 Å². The summed E-state index contributed by atoms with van der Waals surface area (Å²) in [6.45, 7) is 2.61. The first-order valence-corrected chi connectivity index (χ1v) is 13.8. The van der Waals surface area contributed by atoms with E-state index in [1.54, 1.807) is 0 Å². The Morgan fingerprint density at radius 3 is 0.688 bits per heavy atom. The second-order valence-electron chi connectivity index (χ2n) is 8.53. The van der Waals surface area contributed by atoms with Crippen molar-refractivity contribution >= 4 is 35.8 Å². The molecule has 0 aliphatic carbocycles. The average molecular weight is 691 g/mol. The number of hydrogen-bond donors (Lipinski definition) is 0. The fraction of sp³-hybridized carbons (Fsp3) is 0.625. The van der Waals surface area contributed by atoms with E-state index in [1.165, 1.54) is 0 Å². The molecule has 0 fully saturated rings. The molecule has 0 aromatic carbocycles. The van der Waals surface area contributed by atoms with Gasteiger partial charge in [0.1, 0.15) is 0 Å². The monoisotopic (exact) mass is 690 g/mol. The first kappa shape index (κ1) is 40.1. The van der Waals surface area contributed by atoms with Crippen molar-refractivity contribution in [2.24, 2.45) is 0 Å². The van der Waals surface area contributed by atoms with Crippen molar-refractivity contribution in [3.05, 3.63) is 47.8 Å². The molecular weight excluding hydrogens is 660 g/mol. The number of rotatable bonds is 18. The molecule has 0 atom stereocenters. The first-order chi connectivity index (χ1) is 22.5. The molecule has 0 bridgehead atoms. The van der Waals surface area contributed by atoms with Crippen LogP contribution >= 0.6 is 0 Å². The lowest BCUT2D eigenvalue weighted by atomic mass is 9.94. The molecule has 48 heavy (non-hydrogen) atoms.